The van der Waals surface area contributed by atoms with Gasteiger partial charge < -0.3 is 9.84 Å². The molecular formula is C11H17N3O7S. The molecule has 22 heavy (non-hydrogen) atoms. The third-order valence-corrected chi connectivity index (χ3v) is 3.03. The van der Waals surface area contributed by atoms with Crippen molar-refractivity contribution in [3.05, 3.63) is 11.3 Å². The van der Waals surface area contributed by atoms with E-state index in [1.807, 2.05) is 0 Å². The summed E-state index contributed by atoms with van der Waals surface area (Å²) in [5, 5.41) is 14.9. The van der Waals surface area contributed by atoms with E-state index >= 15 is 0 Å². The molecule has 2 N–H and O–H groups in total. The van der Waals surface area contributed by atoms with Gasteiger partial charge in [0.05, 0.1) is 31.7 Å². The van der Waals surface area contributed by atoms with Gasteiger partial charge in [-0.1, -0.05) is 0 Å². The van der Waals surface area contributed by atoms with Crippen LogP contribution in [-0.4, -0.2) is 54.8 Å². The van der Waals surface area contributed by atoms with Crippen molar-refractivity contribution in [1.82, 2.24) is 9.78 Å². The van der Waals surface area contributed by atoms with E-state index < -0.39 is 22.2 Å². The first-order chi connectivity index (χ1) is 10.2. The van der Waals surface area contributed by atoms with Crippen LogP contribution < -0.4 is 5.32 Å². The Morgan fingerprint density at radius 1 is 1.41 bits per heavy atom. The number of hydrogen-bond donors (Lipinski definition) is 2. The first-order valence-corrected chi connectivity index (χ1v) is 8.06. The summed E-state index contributed by atoms with van der Waals surface area (Å²) in [6.07, 6.45) is -0.502. The number of carbonyl (C=O) groups excluding carboxylic acids is 1. The second kappa shape index (κ2) is 7.22. The average Bonchev–Trinajstić information content (AvgIpc) is 2.63. The minimum absolute atomic E-state index is 0.0244. The number of carboxylic acid groups (broad SMARTS) is 1. The highest BCUT2D eigenvalue weighted by atomic mass is 32.2. The van der Waals surface area contributed by atoms with Crippen molar-refractivity contribution in [3.63, 3.8) is 0 Å². The molecule has 0 saturated carbocycles. The lowest BCUT2D eigenvalue weighted by molar-refractivity contribution is 0.0526. The Morgan fingerprint density at radius 2 is 2.05 bits per heavy atom. The number of aromatic nitrogens is 2. The Bertz CT molecular complexity index is 665. The van der Waals surface area contributed by atoms with Crippen LogP contribution in [0.1, 0.15) is 23.0 Å². The Hall–Kier alpha value is -2.14. The molecule has 0 unspecified atom stereocenters. The zero-order valence-corrected chi connectivity index (χ0v) is 13.1. The number of nitrogens with zero attached hydrogens (tertiary/aromatic N) is 2. The van der Waals surface area contributed by atoms with Crippen LogP contribution in [0.5, 0.6) is 0 Å². The molecule has 1 aromatic heterocycles. The van der Waals surface area contributed by atoms with Crippen molar-refractivity contribution in [2.24, 2.45) is 0 Å². The Kier molecular flexibility index (Phi) is 5.88. The van der Waals surface area contributed by atoms with Crippen molar-refractivity contribution in [2.45, 2.75) is 20.4 Å². The minimum Gasteiger partial charge on any atom is -0.465 e. The molecule has 11 heteroatoms. The maximum Gasteiger partial charge on any atom is 0.410 e. The van der Waals surface area contributed by atoms with Crippen LogP contribution >= 0.6 is 0 Å². The number of esters is 1. The molecule has 0 bridgehead atoms. The van der Waals surface area contributed by atoms with Crippen molar-refractivity contribution >= 4 is 28.0 Å². The van der Waals surface area contributed by atoms with Gasteiger partial charge in [0, 0.05) is 0 Å². The molecule has 0 aliphatic rings. The molecule has 0 fully saturated rings. The van der Waals surface area contributed by atoms with Crippen molar-refractivity contribution in [3.8, 4) is 0 Å². The maximum absolute atomic E-state index is 11.9. The van der Waals surface area contributed by atoms with Gasteiger partial charge in [0.25, 0.3) is 10.1 Å². The molecule has 1 amide bonds. The van der Waals surface area contributed by atoms with Gasteiger partial charge in [-0.2, -0.15) is 13.5 Å². The van der Waals surface area contributed by atoms with E-state index in [1.165, 1.54) is 6.92 Å². The van der Waals surface area contributed by atoms with E-state index in [0.717, 1.165) is 10.9 Å². The van der Waals surface area contributed by atoms with Gasteiger partial charge in [-0.05, 0) is 13.8 Å². The number of ether oxygens (including phenoxy) is 1. The first kappa shape index (κ1) is 17.9. The van der Waals surface area contributed by atoms with E-state index in [1.54, 1.807) is 6.92 Å². The highest BCUT2D eigenvalue weighted by molar-refractivity contribution is 7.85. The van der Waals surface area contributed by atoms with Gasteiger partial charge in [0.15, 0.2) is 0 Å². The zero-order valence-electron chi connectivity index (χ0n) is 12.3. The summed E-state index contributed by atoms with van der Waals surface area (Å²) in [5.41, 5.74) is 0.227. The first-order valence-electron chi connectivity index (χ1n) is 6.24. The lowest BCUT2D eigenvalue weighted by Gasteiger charge is -2.08. The average molecular weight is 335 g/mol. The molecule has 0 aliphatic heterocycles. The molecule has 0 radical (unpaired) electrons. The Labute approximate surface area is 127 Å². The second-order valence-electron chi connectivity index (χ2n) is 4.21. The van der Waals surface area contributed by atoms with Crippen LogP contribution in [-0.2, 0) is 25.6 Å². The molecule has 0 spiro atoms. The van der Waals surface area contributed by atoms with Crippen LogP contribution in [0.4, 0.5) is 10.6 Å². The van der Waals surface area contributed by atoms with E-state index in [-0.39, 0.29) is 36.8 Å². The van der Waals surface area contributed by atoms with Crippen LogP contribution in [0.2, 0.25) is 0 Å². The maximum atomic E-state index is 11.9. The molecular weight excluding hydrogens is 318 g/mol. The van der Waals surface area contributed by atoms with Gasteiger partial charge in [0.1, 0.15) is 11.4 Å². The largest absolute Gasteiger partial charge is 0.465 e. The molecule has 0 aromatic carbocycles. The lowest BCUT2D eigenvalue weighted by atomic mass is 10.2. The fourth-order valence-corrected chi connectivity index (χ4v) is 2.07. The summed E-state index contributed by atoms with van der Waals surface area (Å²) in [7, 11) is -3.63. The van der Waals surface area contributed by atoms with Crippen LogP contribution in [0, 0.1) is 6.92 Å². The van der Waals surface area contributed by atoms with E-state index in [0.29, 0.717) is 0 Å². The Morgan fingerprint density at radius 3 is 2.55 bits per heavy atom. The second-order valence-corrected chi connectivity index (χ2v) is 5.85. The monoisotopic (exact) mass is 335 g/mol. The summed E-state index contributed by atoms with van der Waals surface area (Å²) in [6.45, 7) is 2.92. The van der Waals surface area contributed by atoms with E-state index in [2.05, 4.69) is 14.6 Å². The lowest BCUT2D eigenvalue weighted by Crippen LogP contribution is -2.18. The smallest absolute Gasteiger partial charge is 0.410 e. The van der Waals surface area contributed by atoms with Gasteiger partial charge >= 0.3 is 12.1 Å². The van der Waals surface area contributed by atoms with Crippen LogP contribution in [0.3, 0.4) is 0 Å². The summed E-state index contributed by atoms with van der Waals surface area (Å²) >= 11 is 0. The fourth-order valence-electron chi connectivity index (χ4n) is 1.69. The van der Waals surface area contributed by atoms with Gasteiger partial charge in [-0.3, -0.25) is 9.50 Å². The molecule has 0 aliphatic carbocycles. The van der Waals surface area contributed by atoms with Crippen molar-refractivity contribution in [1.29, 1.82) is 0 Å². The van der Waals surface area contributed by atoms with Crippen LogP contribution in [0.15, 0.2) is 0 Å². The number of carbonyl (C=O) groups is 2. The van der Waals surface area contributed by atoms with E-state index in [9.17, 15) is 18.0 Å². The zero-order chi connectivity index (χ0) is 16.9. The molecule has 10 nitrogen and oxygen atoms in total. The number of rotatable bonds is 7. The standard InChI is InChI=1S/C11H17N3O7S/c1-4-20-10(15)8-7(2)13-14(9(8)12-11(16)17)5-6-21-22(3,18)19/h12H,4-6H2,1-3H3,(H,16,17). The number of anilines is 1. The molecule has 0 atom stereocenters. The molecule has 1 rings (SSSR count). The van der Waals surface area contributed by atoms with E-state index in [4.69, 9.17) is 9.84 Å². The predicted molar refractivity (Wildman–Crippen MR) is 75.4 cm³/mol. The number of aryl methyl sites for hydroxylation is 1. The summed E-state index contributed by atoms with van der Waals surface area (Å²) in [6, 6.07) is 0. The van der Waals surface area contributed by atoms with Gasteiger partial charge in [-0.15, -0.1) is 0 Å². The topological polar surface area (TPSA) is 137 Å². The molecule has 0 saturated heterocycles. The molecule has 1 aromatic rings. The van der Waals surface area contributed by atoms with Gasteiger partial charge in [0.2, 0.25) is 0 Å². The van der Waals surface area contributed by atoms with Gasteiger partial charge in [-0.25, -0.2) is 14.3 Å². The molecule has 124 valence electrons. The Balaban J connectivity index is 3.08. The summed E-state index contributed by atoms with van der Waals surface area (Å²) < 4.78 is 32.4. The van der Waals surface area contributed by atoms with Crippen molar-refractivity contribution in [2.75, 3.05) is 24.8 Å². The number of amides is 1. The third kappa shape index (κ3) is 5.00. The minimum atomic E-state index is -3.63. The summed E-state index contributed by atoms with van der Waals surface area (Å²) in [5.74, 6) is -0.820. The highest BCUT2D eigenvalue weighted by Crippen LogP contribution is 2.21. The fraction of sp³-hybridized carbons (Fsp3) is 0.545. The normalized spacial score (nSPS) is 11.2. The SMILES string of the molecule is CCOC(=O)c1c(C)nn(CCOS(C)(=O)=O)c1NC(=O)O. The highest BCUT2D eigenvalue weighted by Gasteiger charge is 2.24. The predicted octanol–water partition coefficient (Wildman–Crippen LogP) is 0.434. The quantitative estimate of drug-likeness (QED) is 0.541. The number of nitrogens with one attached hydrogen (secondary N) is 1. The summed E-state index contributed by atoms with van der Waals surface area (Å²) in [4.78, 5) is 22.7. The van der Waals surface area contributed by atoms with Crippen LogP contribution in [0.25, 0.3) is 0 Å². The van der Waals surface area contributed by atoms with Crippen molar-refractivity contribution < 1.29 is 32.0 Å². The third-order valence-electron chi connectivity index (χ3n) is 2.43. The molecule has 1 heterocycles. The number of hydrogen-bond acceptors (Lipinski definition) is 7.